The molecule has 1 saturated heterocycles. The van der Waals surface area contributed by atoms with Gasteiger partial charge in [-0.3, -0.25) is 9.48 Å². The summed E-state index contributed by atoms with van der Waals surface area (Å²) in [5.74, 6) is 1.28. The first-order valence-corrected chi connectivity index (χ1v) is 10.8. The smallest absolute Gasteiger partial charge is 0.246 e. The van der Waals surface area contributed by atoms with E-state index < -0.39 is 0 Å². The van der Waals surface area contributed by atoms with Crippen molar-refractivity contribution >= 4 is 44.9 Å². The van der Waals surface area contributed by atoms with Gasteiger partial charge in [-0.1, -0.05) is 6.58 Å². The van der Waals surface area contributed by atoms with Gasteiger partial charge in [-0.2, -0.15) is 10.1 Å². The summed E-state index contributed by atoms with van der Waals surface area (Å²) in [7, 11) is 4.08. The summed E-state index contributed by atoms with van der Waals surface area (Å²) in [6.07, 6.45) is 5.97. The van der Waals surface area contributed by atoms with E-state index >= 15 is 0 Å². The highest BCUT2D eigenvalue weighted by atomic mass is 32.1. The number of nitrogens with zero attached hydrogens (tertiary/aromatic N) is 6. The number of hydrogen-bond donors (Lipinski definition) is 2. The molecule has 0 spiro atoms. The fraction of sp³-hybridized carbons (Fsp3) is 0.400. The number of carbonyl (C=O) groups is 1. The number of aromatic nitrogens is 4. The molecule has 1 atom stereocenters. The van der Waals surface area contributed by atoms with Gasteiger partial charge < -0.3 is 20.4 Å². The van der Waals surface area contributed by atoms with Gasteiger partial charge in [0.25, 0.3) is 0 Å². The Balaban J connectivity index is 1.49. The van der Waals surface area contributed by atoms with Crippen molar-refractivity contribution in [3.63, 3.8) is 0 Å². The number of carbonyl (C=O) groups excluding carboxylic acids is 1. The first-order valence-electron chi connectivity index (χ1n) is 9.89. The van der Waals surface area contributed by atoms with Gasteiger partial charge in [-0.05, 0) is 38.0 Å². The van der Waals surface area contributed by atoms with Crippen molar-refractivity contribution in [2.75, 3.05) is 44.4 Å². The maximum atomic E-state index is 11.9. The largest absolute Gasteiger partial charge is 0.364 e. The minimum absolute atomic E-state index is 0.0307. The van der Waals surface area contributed by atoms with Crippen LogP contribution >= 0.6 is 11.3 Å². The minimum Gasteiger partial charge on any atom is -0.364 e. The lowest BCUT2D eigenvalue weighted by atomic mass is 10.2. The van der Waals surface area contributed by atoms with Crippen LogP contribution < -0.4 is 10.6 Å². The second-order valence-electron chi connectivity index (χ2n) is 7.57. The van der Waals surface area contributed by atoms with Gasteiger partial charge in [0, 0.05) is 31.9 Å². The van der Waals surface area contributed by atoms with Crippen molar-refractivity contribution in [2.24, 2.45) is 0 Å². The third-order valence-corrected chi connectivity index (χ3v) is 5.90. The third-order valence-electron chi connectivity index (χ3n) is 4.98. The summed E-state index contributed by atoms with van der Waals surface area (Å²) in [6.45, 7) is 6.67. The van der Waals surface area contributed by atoms with E-state index in [-0.39, 0.29) is 11.9 Å². The van der Waals surface area contributed by atoms with Crippen LogP contribution in [-0.4, -0.2) is 75.2 Å². The van der Waals surface area contributed by atoms with Gasteiger partial charge in [-0.15, -0.1) is 11.3 Å². The first kappa shape index (κ1) is 20.3. The number of likely N-dealkylation sites (N-methyl/N-ethyl adjacent to an activating group) is 1. The SMILES string of the molecule is C=CC(=O)N1CC[C@@H](Nc2nc(Nc3cnn(CCN(C)C)c3)nc3ccsc23)C1. The zero-order valence-electron chi connectivity index (χ0n) is 17.2. The molecular weight excluding hydrogens is 400 g/mol. The Morgan fingerprint density at radius 1 is 1.43 bits per heavy atom. The summed E-state index contributed by atoms with van der Waals surface area (Å²) < 4.78 is 2.91. The number of rotatable bonds is 8. The summed E-state index contributed by atoms with van der Waals surface area (Å²) in [6, 6.07) is 2.14. The molecule has 0 unspecified atom stereocenters. The molecule has 0 bridgehead atoms. The maximum absolute atomic E-state index is 11.9. The summed E-state index contributed by atoms with van der Waals surface area (Å²) in [5, 5.41) is 13.2. The van der Waals surface area contributed by atoms with Crippen LogP contribution in [0, 0.1) is 0 Å². The van der Waals surface area contributed by atoms with E-state index in [2.05, 4.69) is 32.2 Å². The number of fused-ring (bicyclic) bond motifs is 1. The van der Waals surface area contributed by atoms with E-state index in [0.29, 0.717) is 12.5 Å². The molecule has 1 amide bonds. The predicted molar refractivity (Wildman–Crippen MR) is 120 cm³/mol. The van der Waals surface area contributed by atoms with Crippen LogP contribution in [0.1, 0.15) is 6.42 Å². The quantitative estimate of drug-likeness (QED) is 0.535. The van der Waals surface area contributed by atoms with Crippen LogP contribution in [0.2, 0.25) is 0 Å². The molecule has 30 heavy (non-hydrogen) atoms. The highest BCUT2D eigenvalue weighted by Crippen LogP contribution is 2.29. The molecule has 9 nitrogen and oxygen atoms in total. The van der Waals surface area contributed by atoms with Crippen LogP contribution in [0.4, 0.5) is 17.5 Å². The third kappa shape index (κ3) is 4.60. The predicted octanol–water partition coefficient (Wildman–Crippen LogP) is 2.39. The van der Waals surface area contributed by atoms with E-state index in [1.807, 2.05) is 36.4 Å². The Hall–Kier alpha value is -2.98. The number of amides is 1. The topological polar surface area (TPSA) is 91.2 Å². The Morgan fingerprint density at radius 3 is 3.10 bits per heavy atom. The van der Waals surface area contributed by atoms with E-state index in [0.717, 1.165) is 47.8 Å². The molecule has 0 saturated carbocycles. The van der Waals surface area contributed by atoms with E-state index in [9.17, 15) is 4.79 Å². The Morgan fingerprint density at radius 2 is 2.30 bits per heavy atom. The van der Waals surface area contributed by atoms with Crippen molar-refractivity contribution in [1.29, 1.82) is 0 Å². The summed E-state index contributed by atoms with van der Waals surface area (Å²) in [4.78, 5) is 25.1. The van der Waals surface area contributed by atoms with E-state index in [1.165, 1.54) is 6.08 Å². The van der Waals surface area contributed by atoms with Crippen molar-refractivity contribution in [3.8, 4) is 0 Å². The molecule has 0 radical (unpaired) electrons. The molecule has 1 aliphatic rings. The monoisotopic (exact) mass is 426 g/mol. The highest BCUT2D eigenvalue weighted by molar-refractivity contribution is 7.17. The van der Waals surface area contributed by atoms with E-state index in [1.54, 1.807) is 22.4 Å². The Labute approximate surface area is 179 Å². The van der Waals surface area contributed by atoms with Crippen LogP contribution in [0.3, 0.4) is 0 Å². The fourth-order valence-electron chi connectivity index (χ4n) is 3.40. The maximum Gasteiger partial charge on any atom is 0.246 e. The molecule has 0 aromatic carbocycles. The number of nitrogens with one attached hydrogen (secondary N) is 2. The van der Waals surface area contributed by atoms with Gasteiger partial charge >= 0.3 is 0 Å². The molecule has 3 aromatic rings. The van der Waals surface area contributed by atoms with Crippen molar-refractivity contribution in [2.45, 2.75) is 19.0 Å². The Kier molecular flexibility index (Phi) is 5.96. The molecule has 10 heteroatoms. The molecule has 4 rings (SSSR count). The second-order valence-corrected chi connectivity index (χ2v) is 8.49. The van der Waals surface area contributed by atoms with Crippen LogP contribution in [-0.2, 0) is 11.3 Å². The second kappa shape index (κ2) is 8.80. The van der Waals surface area contributed by atoms with E-state index in [4.69, 9.17) is 4.98 Å². The van der Waals surface area contributed by atoms with Crippen molar-refractivity contribution < 1.29 is 4.79 Å². The lowest BCUT2D eigenvalue weighted by Gasteiger charge is -2.16. The molecular formula is C20H26N8OS. The number of likely N-dealkylation sites (tertiary alicyclic amines) is 1. The number of anilines is 3. The standard InChI is InChI=1S/C20H26N8OS/c1-4-17(29)27-7-5-14(12-27)22-19-18-16(6-10-30-18)24-20(25-19)23-15-11-21-28(13-15)9-8-26(2)3/h4,6,10-11,13-14H,1,5,7-9,12H2,2-3H3,(H2,22,23,24,25)/t14-/m1/s1. The normalized spacial score (nSPS) is 16.4. The fourth-order valence-corrected chi connectivity index (χ4v) is 4.18. The Bertz CT molecular complexity index is 1040. The molecule has 158 valence electrons. The van der Waals surface area contributed by atoms with Gasteiger partial charge in [0.2, 0.25) is 11.9 Å². The lowest BCUT2D eigenvalue weighted by molar-refractivity contribution is -0.125. The van der Waals surface area contributed by atoms with Gasteiger partial charge in [0.15, 0.2) is 0 Å². The molecule has 2 N–H and O–H groups in total. The van der Waals surface area contributed by atoms with Gasteiger partial charge in [-0.25, -0.2) is 4.98 Å². The number of thiophene rings is 1. The average Bonchev–Trinajstić information content (AvgIpc) is 3.46. The molecule has 1 fully saturated rings. The van der Waals surface area contributed by atoms with Crippen LogP contribution in [0.25, 0.3) is 10.2 Å². The van der Waals surface area contributed by atoms with Crippen molar-refractivity contribution in [1.82, 2.24) is 29.5 Å². The lowest BCUT2D eigenvalue weighted by Crippen LogP contribution is -2.30. The summed E-state index contributed by atoms with van der Waals surface area (Å²) >= 11 is 1.60. The van der Waals surface area contributed by atoms with Crippen molar-refractivity contribution in [3.05, 3.63) is 36.5 Å². The molecule has 1 aliphatic heterocycles. The zero-order chi connectivity index (χ0) is 21.1. The molecule has 4 heterocycles. The first-order chi connectivity index (χ1) is 14.5. The number of hydrogen-bond acceptors (Lipinski definition) is 8. The molecule has 0 aliphatic carbocycles. The average molecular weight is 427 g/mol. The zero-order valence-corrected chi connectivity index (χ0v) is 18.0. The molecule has 3 aromatic heterocycles. The highest BCUT2D eigenvalue weighted by Gasteiger charge is 2.26. The minimum atomic E-state index is -0.0307. The summed E-state index contributed by atoms with van der Waals surface area (Å²) in [5.41, 5.74) is 1.73. The van der Waals surface area contributed by atoms with Gasteiger partial charge in [0.1, 0.15) is 5.82 Å². The van der Waals surface area contributed by atoms with Crippen LogP contribution in [0.15, 0.2) is 36.5 Å². The van der Waals surface area contributed by atoms with Crippen LogP contribution in [0.5, 0.6) is 0 Å². The van der Waals surface area contributed by atoms with Gasteiger partial charge in [0.05, 0.1) is 28.6 Å².